The normalized spacial score (nSPS) is 20.8. The van der Waals surface area contributed by atoms with E-state index >= 15 is 0 Å². The van der Waals surface area contributed by atoms with E-state index in [1.807, 2.05) is 77.0 Å². The minimum Gasteiger partial charge on any atom is -0.310 e. The van der Waals surface area contributed by atoms with Crippen LogP contribution in [0.3, 0.4) is 0 Å². The zero-order chi connectivity index (χ0) is 19.1. The van der Waals surface area contributed by atoms with Gasteiger partial charge in [-0.2, -0.15) is 0 Å². The number of carbonyl (C=O) groups is 2. The molecule has 4 nitrogen and oxygen atoms in total. The van der Waals surface area contributed by atoms with E-state index in [2.05, 4.69) is 0 Å². The molecule has 28 heavy (non-hydrogen) atoms. The van der Waals surface area contributed by atoms with Gasteiger partial charge in [0.25, 0.3) is 11.8 Å². The van der Waals surface area contributed by atoms with Crippen molar-refractivity contribution in [3.05, 3.63) is 88.1 Å². The summed E-state index contributed by atoms with van der Waals surface area (Å²) in [5.74, 6) is 0.658. The standard InChI is InChI=1S/C22H18N2O2S2/c25-20(19-11-6-13-27-19)24-12-14-28-22(24)17-9-4-5-10-18(17)23(21(22)26)15-16-7-2-1-3-8-16/h1-11,13H,12,14-15H2. The average molecular weight is 407 g/mol. The monoisotopic (exact) mass is 406 g/mol. The van der Waals surface area contributed by atoms with Crippen LogP contribution in [0.2, 0.25) is 0 Å². The highest BCUT2D eigenvalue weighted by Crippen LogP contribution is 2.54. The lowest BCUT2D eigenvalue weighted by atomic mass is 10.1. The number of para-hydroxylation sites is 1. The van der Waals surface area contributed by atoms with Gasteiger partial charge in [-0.1, -0.05) is 54.6 Å². The van der Waals surface area contributed by atoms with Crippen LogP contribution in [0.15, 0.2) is 72.1 Å². The second kappa shape index (κ2) is 6.79. The molecule has 2 aliphatic rings. The first-order valence-corrected chi connectivity index (χ1v) is 11.0. The maximum absolute atomic E-state index is 13.8. The molecular weight excluding hydrogens is 388 g/mol. The molecule has 3 aromatic rings. The Bertz CT molecular complexity index is 1040. The van der Waals surface area contributed by atoms with Crippen molar-refractivity contribution in [3.8, 4) is 0 Å². The van der Waals surface area contributed by atoms with E-state index in [0.717, 1.165) is 22.6 Å². The summed E-state index contributed by atoms with van der Waals surface area (Å²) in [5.41, 5.74) is 2.89. The molecule has 0 radical (unpaired) electrons. The lowest BCUT2D eigenvalue weighted by molar-refractivity contribution is -0.123. The zero-order valence-corrected chi connectivity index (χ0v) is 16.7. The van der Waals surface area contributed by atoms with Crippen LogP contribution in [0.25, 0.3) is 0 Å². The predicted molar refractivity (Wildman–Crippen MR) is 114 cm³/mol. The first-order chi connectivity index (χ1) is 13.7. The SMILES string of the molecule is O=C(c1cccs1)N1CCSC12C(=O)N(Cc1ccccc1)c1ccccc12. The van der Waals surface area contributed by atoms with Crippen molar-refractivity contribution in [2.75, 3.05) is 17.2 Å². The Balaban J connectivity index is 1.59. The van der Waals surface area contributed by atoms with Crippen LogP contribution in [0.5, 0.6) is 0 Å². The quantitative estimate of drug-likeness (QED) is 0.650. The number of anilines is 1. The second-order valence-corrected chi connectivity index (χ2v) is 9.06. The summed E-state index contributed by atoms with van der Waals surface area (Å²) in [7, 11) is 0. The van der Waals surface area contributed by atoms with Crippen molar-refractivity contribution in [2.24, 2.45) is 0 Å². The fourth-order valence-electron chi connectivity index (χ4n) is 4.02. The van der Waals surface area contributed by atoms with Crippen molar-refractivity contribution in [1.29, 1.82) is 0 Å². The molecule has 0 aliphatic carbocycles. The summed E-state index contributed by atoms with van der Waals surface area (Å²) < 4.78 is 0. The first-order valence-electron chi connectivity index (χ1n) is 9.16. The van der Waals surface area contributed by atoms with Crippen LogP contribution in [-0.4, -0.2) is 29.0 Å². The largest absolute Gasteiger partial charge is 0.310 e. The Hall–Kier alpha value is -2.57. The molecule has 1 unspecified atom stereocenters. The highest BCUT2D eigenvalue weighted by atomic mass is 32.2. The number of amides is 2. The minimum atomic E-state index is -0.966. The fraction of sp³-hybridized carbons (Fsp3) is 0.182. The number of rotatable bonds is 3. The van der Waals surface area contributed by atoms with Gasteiger partial charge in [-0.25, -0.2) is 0 Å². The van der Waals surface area contributed by atoms with E-state index in [1.165, 1.54) is 11.3 Å². The number of hydrogen-bond acceptors (Lipinski definition) is 4. The summed E-state index contributed by atoms with van der Waals surface area (Å²) in [6.07, 6.45) is 0. The Morgan fingerprint density at radius 3 is 2.57 bits per heavy atom. The molecule has 5 rings (SSSR count). The molecule has 2 aliphatic heterocycles. The third kappa shape index (κ3) is 2.52. The molecular formula is C22H18N2O2S2. The van der Waals surface area contributed by atoms with Crippen molar-refractivity contribution in [2.45, 2.75) is 11.4 Å². The van der Waals surface area contributed by atoms with E-state index in [1.54, 1.807) is 16.7 Å². The van der Waals surface area contributed by atoms with E-state index in [4.69, 9.17) is 0 Å². The van der Waals surface area contributed by atoms with Gasteiger partial charge in [0.1, 0.15) is 0 Å². The van der Waals surface area contributed by atoms with Gasteiger partial charge < -0.3 is 9.80 Å². The third-order valence-electron chi connectivity index (χ3n) is 5.26. The lowest BCUT2D eigenvalue weighted by Crippen LogP contribution is -2.50. The van der Waals surface area contributed by atoms with Crippen molar-refractivity contribution >= 4 is 40.6 Å². The molecule has 0 saturated carbocycles. The average Bonchev–Trinajstić information content (AvgIpc) is 3.46. The number of benzene rings is 2. The van der Waals surface area contributed by atoms with Crippen molar-refractivity contribution in [1.82, 2.24) is 4.90 Å². The van der Waals surface area contributed by atoms with Crippen LogP contribution in [0.1, 0.15) is 20.8 Å². The van der Waals surface area contributed by atoms with Crippen LogP contribution >= 0.6 is 23.1 Å². The van der Waals surface area contributed by atoms with E-state index in [9.17, 15) is 9.59 Å². The number of fused-ring (bicyclic) bond motifs is 2. The smallest absolute Gasteiger partial charge is 0.268 e. The number of carbonyl (C=O) groups excluding carboxylic acids is 2. The van der Waals surface area contributed by atoms with Crippen LogP contribution in [0, 0.1) is 0 Å². The summed E-state index contributed by atoms with van der Waals surface area (Å²) in [4.78, 5) is 30.3. The maximum Gasteiger partial charge on any atom is 0.268 e. The van der Waals surface area contributed by atoms with E-state index in [0.29, 0.717) is 18.0 Å². The molecule has 1 fully saturated rings. The Kier molecular flexibility index (Phi) is 4.25. The molecule has 3 heterocycles. The van der Waals surface area contributed by atoms with Crippen molar-refractivity contribution < 1.29 is 9.59 Å². The van der Waals surface area contributed by atoms with E-state index < -0.39 is 4.87 Å². The maximum atomic E-state index is 13.8. The zero-order valence-electron chi connectivity index (χ0n) is 15.1. The van der Waals surface area contributed by atoms with Gasteiger partial charge in [0, 0.05) is 17.9 Å². The van der Waals surface area contributed by atoms with E-state index in [-0.39, 0.29) is 11.8 Å². The Morgan fingerprint density at radius 1 is 1.00 bits per heavy atom. The predicted octanol–water partition coefficient (Wildman–Crippen LogP) is 4.34. The molecule has 0 N–H and O–H groups in total. The molecule has 1 aromatic heterocycles. The molecule has 0 bridgehead atoms. The molecule has 1 atom stereocenters. The van der Waals surface area contributed by atoms with Gasteiger partial charge in [-0.05, 0) is 23.1 Å². The summed E-state index contributed by atoms with van der Waals surface area (Å²) >= 11 is 2.99. The number of thioether (sulfide) groups is 1. The fourth-order valence-corrected chi connectivity index (χ4v) is 6.16. The lowest BCUT2D eigenvalue weighted by Gasteiger charge is -2.33. The van der Waals surface area contributed by atoms with Gasteiger partial charge in [-0.15, -0.1) is 23.1 Å². The van der Waals surface area contributed by atoms with Gasteiger partial charge in [-0.3, -0.25) is 9.59 Å². The molecule has 1 saturated heterocycles. The summed E-state index contributed by atoms with van der Waals surface area (Å²) in [5, 5.41) is 1.90. The van der Waals surface area contributed by atoms with Gasteiger partial charge in [0.05, 0.1) is 17.1 Å². The third-order valence-corrected chi connectivity index (χ3v) is 7.54. The highest BCUT2D eigenvalue weighted by Gasteiger charge is 2.59. The van der Waals surface area contributed by atoms with Crippen molar-refractivity contribution in [3.63, 3.8) is 0 Å². The van der Waals surface area contributed by atoms with Gasteiger partial charge in [0.2, 0.25) is 0 Å². The number of hydrogen-bond donors (Lipinski definition) is 0. The summed E-state index contributed by atoms with van der Waals surface area (Å²) in [6, 6.07) is 21.6. The van der Waals surface area contributed by atoms with Crippen LogP contribution in [0.4, 0.5) is 5.69 Å². The highest BCUT2D eigenvalue weighted by molar-refractivity contribution is 8.01. The first kappa shape index (κ1) is 17.5. The number of thiophene rings is 1. The summed E-state index contributed by atoms with van der Waals surface area (Å²) in [6.45, 7) is 1.07. The second-order valence-electron chi connectivity index (χ2n) is 6.82. The molecule has 140 valence electrons. The molecule has 1 spiro atoms. The molecule has 6 heteroatoms. The minimum absolute atomic E-state index is 0.0232. The molecule has 2 amide bonds. The Labute approximate surface area is 171 Å². The molecule has 2 aromatic carbocycles. The van der Waals surface area contributed by atoms with Crippen LogP contribution in [-0.2, 0) is 16.2 Å². The van der Waals surface area contributed by atoms with Crippen LogP contribution < -0.4 is 4.90 Å². The number of nitrogens with zero attached hydrogens (tertiary/aromatic N) is 2. The Morgan fingerprint density at radius 2 is 1.79 bits per heavy atom. The van der Waals surface area contributed by atoms with Gasteiger partial charge >= 0.3 is 0 Å². The van der Waals surface area contributed by atoms with Gasteiger partial charge in [0.15, 0.2) is 4.87 Å². The topological polar surface area (TPSA) is 40.6 Å².